The van der Waals surface area contributed by atoms with Gasteiger partial charge in [0.25, 0.3) is 5.91 Å². The van der Waals surface area contributed by atoms with Crippen LogP contribution in [0.25, 0.3) is 0 Å². The SMILES string of the molecule is CS(=O)(=O)c1ccc(OCC(=O)N2CCCC2c2cccs2)cc1. The maximum atomic E-state index is 12.5. The van der Waals surface area contributed by atoms with Crippen molar-refractivity contribution < 1.29 is 17.9 Å². The molecule has 0 bridgehead atoms. The van der Waals surface area contributed by atoms with Gasteiger partial charge >= 0.3 is 0 Å². The van der Waals surface area contributed by atoms with Gasteiger partial charge in [-0.25, -0.2) is 8.42 Å². The number of hydrogen-bond acceptors (Lipinski definition) is 5. The molecule has 1 fully saturated rings. The molecule has 0 aliphatic carbocycles. The standard InChI is InChI=1S/C17H19NO4S2/c1-24(20,21)14-8-6-13(7-9-14)22-12-17(19)18-10-2-4-15(18)16-5-3-11-23-16/h3,5-9,11,15H,2,4,10,12H2,1H3. The van der Waals surface area contributed by atoms with E-state index in [0.717, 1.165) is 25.6 Å². The fourth-order valence-corrected chi connectivity index (χ4v) is 4.36. The van der Waals surface area contributed by atoms with Crippen molar-refractivity contribution in [3.8, 4) is 5.75 Å². The molecule has 24 heavy (non-hydrogen) atoms. The maximum Gasteiger partial charge on any atom is 0.261 e. The van der Waals surface area contributed by atoms with Crippen molar-refractivity contribution in [2.24, 2.45) is 0 Å². The molecule has 2 aromatic rings. The van der Waals surface area contributed by atoms with Crippen LogP contribution >= 0.6 is 11.3 Å². The van der Waals surface area contributed by atoms with Gasteiger partial charge < -0.3 is 9.64 Å². The molecule has 1 aromatic carbocycles. The molecule has 1 unspecified atom stereocenters. The van der Waals surface area contributed by atoms with Crippen LogP contribution in [0, 0.1) is 0 Å². The van der Waals surface area contributed by atoms with Crippen molar-refractivity contribution in [3.05, 3.63) is 46.7 Å². The third-order valence-electron chi connectivity index (χ3n) is 4.06. The highest BCUT2D eigenvalue weighted by atomic mass is 32.2. The molecule has 0 spiro atoms. The molecule has 1 amide bonds. The lowest BCUT2D eigenvalue weighted by molar-refractivity contribution is -0.134. The Balaban J connectivity index is 1.61. The minimum absolute atomic E-state index is 0.0416. The number of hydrogen-bond donors (Lipinski definition) is 0. The van der Waals surface area contributed by atoms with Crippen molar-refractivity contribution in [3.63, 3.8) is 0 Å². The molecule has 3 rings (SSSR count). The summed E-state index contributed by atoms with van der Waals surface area (Å²) in [6.07, 6.45) is 3.14. The van der Waals surface area contributed by atoms with Gasteiger partial charge in [0, 0.05) is 17.7 Å². The number of thiophene rings is 1. The second kappa shape index (κ2) is 6.94. The van der Waals surface area contributed by atoms with E-state index in [2.05, 4.69) is 6.07 Å². The number of ether oxygens (including phenoxy) is 1. The number of amides is 1. The highest BCUT2D eigenvalue weighted by Crippen LogP contribution is 2.34. The molecule has 1 aromatic heterocycles. The molecule has 0 N–H and O–H groups in total. The third kappa shape index (κ3) is 3.79. The molecule has 1 atom stereocenters. The predicted molar refractivity (Wildman–Crippen MR) is 93.1 cm³/mol. The Hall–Kier alpha value is -1.86. The number of benzene rings is 1. The van der Waals surface area contributed by atoms with E-state index in [9.17, 15) is 13.2 Å². The van der Waals surface area contributed by atoms with Crippen LogP contribution in [0.5, 0.6) is 5.75 Å². The topological polar surface area (TPSA) is 63.7 Å². The fourth-order valence-electron chi connectivity index (χ4n) is 2.85. The lowest BCUT2D eigenvalue weighted by atomic mass is 10.2. The first kappa shape index (κ1) is 17.0. The summed E-state index contributed by atoms with van der Waals surface area (Å²) in [6, 6.07) is 10.3. The highest BCUT2D eigenvalue weighted by molar-refractivity contribution is 7.90. The zero-order valence-electron chi connectivity index (χ0n) is 13.3. The van der Waals surface area contributed by atoms with Gasteiger partial charge in [0.1, 0.15) is 5.75 Å². The highest BCUT2D eigenvalue weighted by Gasteiger charge is 2.30. The minimum Gasteiger partial charge on any atom is -0.484 e. The molecule has 5 nitrogen and oxygen atoms in total. The predicted octanol–water partition coefficient (Wildman–Crippen LogP) is 2.89. The smallest absolute Gasteiger partial charge is 0.261 e. The Morgan fingerprint density at radius 3 is 2.67 bits per heavy atom. The molecular formula is C17H19NO4S2. The fraction of sp³-hybridized carbons (Fsp3) is 0.353. The van der Waals surface area contributed by atoms with Crippen LogP contribution in [0.2, 0.25) is 0 Å². The van der Waals surface area contributed by atoms with Crippen LogP contribution in [0.15, 0.2) is 46.7 Å². The Morgan fingerprint density at radius 1 is 1.29 bits per heavy atom. The van der Waals surface area contributed by atoms with E-state index in [1.54, 1.807) is 23.5 Å². The summed E-state index contributed by atoms with van der Waals surface area (Å²) in [5, 5.41) is 2.02. The normalized spacial score (nSPS) is 17.9. The van der Waals surface area contributed by atoms with Crippen molar-refractivity contribution in [1.29, 1.82) is 0 Å². The summed E-state index contributed by atoms with van der Waals surface area (Å²) >= 11 is 1.67. The summed E-state index contributed by atoms with van der Waals surface area (Å²) < 4.78 is 28.4. The van der Waals surface area contributed by atoms with Crippen molar-refractivity contribution >= 4 is 27.1 Å². The van der Waals surface area contributed by atoms with Gasteiger partial charge in [0.15, 0.2) is 16.4 Å². The van der Waals surface area contributed by atoms with Gasteiger partial charge in [0.2, 0.25) is 0 Å². The molecule has 2 heterocycles. The number of carbonyl (C=O) groups excluding carboxylic acids is 1. The monoisotopic (exact) mass is 365 g/mol. The summed E-state index contributed by atoms with van der Waals surface area (Å²) in [5.41, 5.74) is 0. The van der Waals surface area contributed by atoms with Crippen LogP contribution in [-0.2, 0) is 14.6 Å². The Morgan fingerprint density at radius 2 is 2.04 bits per heavy atom. The molecule has 1 saturated heterocycles. The summed E-state index contributed by atoms with van der Waals surface area (Å²) in [7, 11) is -3.23. The summed E-state index contributed by atoms with van der Waals surface area (Å²) in [5.74, 6) is 0.445. The zero-order chi connectivity index (χ0) is 17.2. The van der Waals surface area contributed by atoms with E-state index in [0.29, 0.717) is 5.75 Å². The molecule has 128 valence electrons. The maximum absolute atomic E-state index is 12.5. The number of sulfone groups is 1. The van der Waals surface area contributed by atoms with Gasteiger partial charge in [-0.15, -0.1) is 11.3 Å². The minimum atomic E-state index is -3.23. The van der Waals surface area contributed by atoms with Crippen LogP contribution < -0.4 is 4.74 Å². The van der Waals surface area contributed by atoms with Gasteiger partial charge in [-0.3, -0.25) is 4.79 Å². The van der Waals surface area contributed by atoms with E-state index < -0.39 is 9.84 Å². The lowest BCUT2D eigenvalue weighted by Crippen LogP contribution is -2.34. The van der Waals surface area contributed by atoms with Gasteiger partial charge in [0.05, 0.1) is 10.9 Å². The third-order valence-corrected chi connectivity index (χ3v) is 6.16. The second-order valence-electron chi connectivity index (χ2n) is 5.79. The summed E-state index contributed by atoms with van der Waals surface area (Å²) in [6.45, 7) is 0.706. The molecule has 0 radical (unpaired) electrons. The Bertz CT molecular complexity index is 798. The van der Waals surface area contributed by atoms with Gasteiger partial charge in [-0.1, -0.05) is 6.07 Å². The lowest BCUT2D eigenvalue weighted by Gasteiger charge is -2.24. The molecule has 0 saturated carbocycles. The molecule has 1 aliphatic rings. The average molecular weight is 365 g/mol. The van der Waals surface area contributed by atoms with E-state index >= 15 is 0 Å². The Kier molecular flexibility index (Phi) is 4.91. The van der Waals surface area contributed by atoms with Crippen LogP contribution in [0.3, 0.4) is 0 Å². The molecule has 7 heteroatoms. The first-order chi connectivity index (χ1) is 11.4. The summed E-state index contributed by atoms with van der Waals surface area (Å²) in [4.78, 5) is 15.8. The van der Waals surface area contributed by atoms with Crippen LogP contribution in [-0.4, -0.2) is 38.6 Å². The van der Waals surface area contributed by atoms with Gasteiger partial charge in [-0.2, -0.15) is 0 Å². The first-order valence-corrected chi connectivity index (χ1v) is 10.5. The number of likely N-dealkylation sites (tertiary alicyclic amines) is 1. The Labute approximate surface area is 145 Å². The van der Waals surface area contributed by atoms with Crippen LogP contribution in [0.4, 0.5) is 0 Å². The largest absolute Gasteiger partial charge is 0.484 e. The van der Waals surface area contributed by atoms with E-state index in [4.69, 9.17) is 4.74 Å². The quantitative estimate of drug-likeness (QED) is 0.817. The van der Waals surface area contributed by atoms with E-state index in [-0.39, 0.29) is 23.5 Å². The second-order valence-corrected chi connectivity index (χ2v) is 8.79. The van der Waals surface area contributed by atoms with Crippen molar-refractivity contribution in [2.75, 3.05) is 19.4 Å². The zero-order valence-corrected chi connectivity index (χ0v) is 15.0. The van der Waals surface area contributed by atoms with Crippen LogP contribution in [0.1, 0.15) is 23.8 Å². The molecule has 1 aliphatic heterocycles. The number of nitrogens with zero attached hydrogens (tertiary/aromatic N) is 1. The molecular weight excluding hydrogens is 346 g/mol. The van der Waals surface area contributed by atoms with E-state index in [1.165, 1.54) is 17.0 Å². The van der Waals surface area contributed by atoms with Gasteiger partial charge in [-0.05, 0) is 48.6 Å². The first-order valence-electron chi connectivity index (χ1n) is 7.71. The van der Waals surface area contributed by atoms with E-state index in [1.807, 2.05) is 16.3 Å². The van der Waals surface area contributed by atoms with Crippen molar-refractivity contribution in [1.82, 2.24) is 4.90 Å². The van der Waals surface area contributed by atoms with Crippen molar-refractivity contribution in [2.45, 2.75) is 23.8 Å². The number of carbonyl (C=O) groups is 1. The average Bonchev–Trinajstić information content (AvgIpc) is 3.22. The number of rotatable bonds is 5.